The third-order valence-electron chi connectivity index (χ3n) is 7.21. The summed E-state index contributed by atoms with van der Waals surface area (Å²) >= 11 is 0. The standard InChI is InChI=1S/C31H41NO8S2/c1-31(2,25-8-12-27(37-3)13-9-25)26-10-14-28(15-11-26)40-42(35,36)22-20-32(19-21-41(6,33)34)18-17-24-7-16-29(38-4)30(23-24)39-5/h7-16,23H,17-22H2,1-6H3. The highest BCUT2D eigenvalue weighted by Gasteiger charge is 2.24. The smallest absolute Gasteiger partial charge is 0.310 e. The summed E-state index contributed by atoms with van der Waals surface area (Å²) in [5.41, 5.74) is 2.72. The van der Waals surface area contributed by atoms with E-state index in [1.807, 2.05) is 53.4 Å². The molecule has 0 amide bonds. The van der Waals surface area contributed by atoms with Crippen molar-refractivity contribution in [2.75, 3.05) is 58.7 Å². The van der Waals surface area contributed by atoms with Gasteiger partial charge in [0.2, 0.25) is 0 Å². The van der Waals surface area contributed by atoms with E-state index in [4.69, 9.17) is 18.4 Å². The Bertz CT molecular complexity index is 1520. The molecule has 230 valence electrons. The second-order valence-corrected chi connectivity index (χ2v) is 14.6. The molecule has 0 heterocycles. The van der Waals surface area contributed by atoms with Gasteiger partial charge in [-0.05, 0) is 59.5 Å². The highest BCUT2D eigenvalue weighted by Crippen LogP contribution is 2.33. The average Bonchev–Trinajstić information content (AvgIpc) is 2.96. The lowest BCUT2D eigenvalue weighted by Crippen LogP contribution is -2.35. The summed E-state index contributed by atoms with van der Waals surface area (Å²) in [5.74, 6) is 1.83. The molecule has 0 unspecified atom stereocenters. The minimum atomic E-state index is -3.94. The van der Waals surface area contributed by atoms with Crippen LogP contribution in [0.15, 0.2) is 66.7 Å². The van der Waals surface area contributed by atoms with E-state index in [1.54, 1.807) is 39.5 Å². The molecule has 0 spiro atoms. The molecule has 0 saturated heterocycles. The highest BCUT2D eigenvalue weighted by molar-refractivity contribution is 7.90. The normalized spacial score (nSPS) is 12.3. The molecule has 0 aliphatic carbocycles. The van der Waals surface area contributed by atoms with Crippen molar-refractivity contribution in [2.45, 2.75) is 25.7 Å². The SMILES string of the molecule is COc1ccc(C(C)(C)c2ccc(OS(=O)(=O)CCN(CCc3ccc(OC)c(OC)c3)CCS(C)(=O)=O)cc2)cc1. The number of rotatable bonds is 16. The van der Waals surface area contributed by atoms with Crippen LogP contribution in [0.5, 0.6) is 23.0 Å². The zero-order chi connectivity index (χ0) is 31.0. The molecule has 11 heteroatoms. The van der Waals surface area contributed by atoms with E-state index in [9.17, 15) is 16.8 Å². The molecule has 42 heavy (non-hydrogen) atoms. The third-order valence-corrected chi connectivity index (χ3v) is 9.26. The monoisotopic (exact) mass is 619 g/mol. The summed E-state index contributed by atoms with van der Waals surface area (Å²) in [6, 6.07) is 20.4. The summed E-state index contributed by atoms with van der Waals surface area (Å²) in [5, 5.41) is 0. The molecular formula is C31H41NO8S2. The summed E-state index contributed by atoms with van der Waals surface area (Å²) < 4.78 is 70.7. The number of nitrogens with zero attached hydrogens (tertiary/aromatic N) is 1. The van der Waals surface area contributed by atoms with Crippen molar-refractivity contribution < 1.29 is 35.2 Å². The van der Waals surface area contributed by atoms with Gasteiger partial charge in [0, 0.05) is 31.3 Å². The van der Waals surface area contributed by atoms with E-state index in [-0.39, 0.29) is 35.8 Å². The Balaban J connectivity index is 1.65. The number of sulfone groups is 1. The maximum absolute atomic E-state index is 12.9. The van der Waals surface area contributed by atoms with Gasteiger partial charge in [0.25, 0.3) is 0 Å². The first kappa shape index (κ1) is 33.2. The van der Waals surface area contributed by atoms with Crippen molar-refractivity contribution in [1.82, 2.24) is 4.90 Å². The minimum Gasteiger partial charge on any atom is -0.497 e. The molecule has 0 aliphatic heterocycles. The van der Waals surface area contributed by atoms with Crippen LogP contribution < -0.4 is 18.4 Å². The fourth-order valence-electron chi connectivity index (χ4n) is 4.48. The Hall–Kier alpha value is -3.28. The van der Waals surface area contributed by atoms with E-state index in [0.717, 1.165) is 22.4 Å². The predicted molar refractivity (Wildman–Crippen MR) is 165 cm³/mol. The van der Waals surface area contributed by atoms with E-state index in [2.05, 4.69) is 13.8 Å². The largest absolute Gasteiger partial charge is 0.497 e. The van der Waals surface area contributed by atoms with Crippen LogP contribution in [0.25, 0.3) is 0 Å². The Kier molecular flexibility index (Phi) is 11.3. The first-order chi connectivity index (χ1) is 19.8. The van der Waals surface area contributed by atoms with Crippen LogP contribution >= 0.6 is 0 Å². The van der Waals surface area contributed by atoms with Gasteiger partial charge in [-0.25, -0.2) is 8.42 Å². The molecule has 0 N–H and O–H groups in total. The van der Waals surface area contributed by atoms with Gasteiger partial charge in [-0.15, -0.1) is 0 Å². The van der Waals surface area contributed by atoms with Gasteiger partial charge in [-0.2, -0.15) is 8.42 Å². The Morgan fingerprint density at radius 3 is 1.74 bits per heavy atom. The zero-order valence-corrected chi connectivity index (χ0v) is 26.8. The van der Waals surface area contributed by atoms with Crippen LogP contribution in [0, 0.1) is 0 Å². The molecule has 3 aromatic rings. The lowest BCUT2D eigenvalue weighted by Gasteiger charge is -2.26. The summed E-state index contributed by atoms with van der Waals surface area (Å²) in [6.07, 6.45) is 1.73. The molecule has 9 nitrogen and oxygen atoms in total. The Morgan fingerprint density at radius 1 is 0.667 bits per heavy atom. The zero-order valence-electron chi connectivity index (χ0n) is 25.1. The summed E-state index contributed by atoms with van der Waals surface area (Å²) in [6.45, 7) is 4.96. The van der Waals surface area contributed by atoms with Crippen molar-refractivity contribution in [3.8, 4) is 23.0 Å². The van der Waals surface area contributed by atoms with Crippen molar-refractivity contribution in [2.24, 2.45) is 0 Å². The van der Waals surface area contributed by atoms with E-state index < -0.39 is 20.0 Å². The van der Waals surface area contributed by atoms with Crippen LogP contribution in [-0.2, 0) is 31.8 Å². The van der Waals surface area contributed by atoms with Crippen LogP contribution in [-0.4, -0.2) is 80.5 Å². The topological polar surface area (TPSA) is 108 Å². The molecule has 0 fully saturated rings. The second kappa shape index (κ2) is 14.3. The predicted octanol–water partition coefficient (Wildman–Crippen LogP) is 4.34. The average molecular weight is 620 g/mol. The first-order valence-corrected chi connectivity index (χ1v) is 17.2. The number of benzene rings is 3. The van der Waals surface area contributed by atoms with Gasteiger partial charge < -0.3 is 23.3 Å². The maximum Gasteiger partial charge on any atom is 0.310 e. The van der Waals surface area contributed by atoms with Crippen molar-refractivity contribution in [1.29, 1.82) is 0 Å². The lowest BCUT2D eigenvalue weighted by atomic mass is 9.78. The van der Waals surface area contributed by atoms with Gasteiger partial charge >= 0.3 is 10.1 Å². The van der Waals surface area contributed by atoms with Gasteiger partial charge in [-0.3, -0.25) is 0 Å². The quantitative estimate of drug-likeness (QED) is 0.217. The van der Waals surface area contributed by atoms with Gasteiger partial charge in [0.1, 0.15) is 21.3 Å². The molecule has 3 rings (SSSR count). The minimum absolute atomic E-state index is 0.0781. The maximum atomic E-state index is 12.9. The number of hydrogen-bond donors (Lipinski definition) is 0. The fraction of sp³-hybridized carbons (Fsp3) is 0.419. The van der Waals surface area contributed by atoms with Gasteiger partial charge in [0.05, 0.1) is 32.8 Å². The van der Waals surface area contributed by atoms with Crippen LogP contribution in [0.1, 0.15) is 30.5 Å². The first-order valence-electron chi connectivity index (χ1n) is 13.5. The molecule has 0 bridgehead atoms. The van der Waals surface area contributed by atoms with E-state index in [1.165, 1.54) is 6.26 Å². The van der Waals surface area contributed by atoms with E-state index in [0.29, 0.717) is 24.5 Å². The highest BCUT2D eigenvalue weighted by atomic mass is 32.2. The Labute approximate surface area is 250 Å². The Morgan fingerprint density at radius 2 is 1.21 bits per heavy atom. The van der Waals surface area contributed by atoms with Crippen LogP contribution in [0.2, 0.25) is 0 Å². The molecule has 0 aliphatic rings. The molecule has 0 aromatic heterocycles. The van der Waals surface area contributed by atoms with Crippen molar-refractivity contribution in [3.63, 3.8) is 0 Å². The molecule has 0 radical (unpaired) electrons. The molecule has 0 saturated carbocycles. The third kappa shape index (κ3) is 9.64. The van der Waals surface area contributed by atoms with Crippen molar-refractivity contribution >= 4 is 20.0 Å². The van der Waals surface area contributed by atoms with E-state index >= 15 is 0 Å². The summed E-state index contributed by atoms with van der Waals surface area (Å²) in [7, 11) is -2.42. The second-order valence-electron chi connectivity index (χ2n) is 10.6. The fourth-order valence-corrected chi connectivity index (χ4v) is 6.04. The number of methoxy groups -OCH3 is 3. The molecule has 0 atom stereocenters. The van der Waals surface area contributed by atoms with Crippen LogP contribution in [0.3, 0.4) is 0 Å². The lowest BCUT2D eigenvalue weighted by molar-refractivity contribution is 0.306. The van der Waals surface area contributed by atoms with Gasteiger partial charge in [0.15, 0.2) is 11.5 Å². The number of ether oxygens (including phenoxy) is 3. The molecular weight excluding hydrogens is 578 g/mol. The molecule has 3 aromatic carbocycles. The number of hydrogen-bond acceptors (Lipinski definition) is 9. The summed E-state index contributed by atoms with van der Waals surface area (Å²) in [4.78, 5) is 1.82. The van der Waals surface area contributed by atoms with Gasteiger partial charge in [-0.1, -0.05) is 44.2 Å². The van der Waals surface area contributed by atoms with Crippen molar-refractivity contribution in [3.05, 3.63) is 83.4 Å². The van der Waals surface area contributed by atoms with Crippen LogP contribution in [0.4, 0.5) is 0 Å².